The number of rotatable bonds is 2. The van der Waals surface area contributed by atoms with E-state index in [0.29, 0.717) is 0 Å². The second kappa shape index (κ2) is 3.61. The highest BCUT2D eigenvalue weighted by Gasteiger charge is 2.22. The third kappa shape index (κ3) is 1.50. The van der Waals surface area contributed by atoms with Crippen molar-refractivity contribution in [2.45, 2.75) is 39.0 Å². The standard InChI is InChI=1S/C14H18/c1-4-12-9-10(2)8-11(3)14(12)13-6-5-7-13/h4,8-9,13H,1,5-7H2,2-3H3. The molecular weight excluding hydrogens is 168 g/mol. The van der Waals surface area contributed by atoms with Crippen molar-refractivity contribution < 1.29 is 0 Å². The predicted molar refractivity (Wildman–Crippen MR) is 62.6 cm³/mol. The molecule has 1 aromatic carbocycles. The molecule has 74 valence electrons. The van der Waals surface area contributed by atoms with Crippen LogP contribution in [-0.4, -0.2) is 0 Å². The third-order valence-electron chi connectivity index (χ3n) is 3.30. The van der Waals surface area contributed by atoms with E-state index in [0.717, 1.165) is 5.92 Å². The highest BCUT2D eigenvalue weighted by Crippen LogP contribution is 2.40. The van der Waals surface area contributed by atoms with E-state index in [2.05, 4.69) is 32.6 Å². The van der Waals surface area contributed by atoms with Gasteiger partial charge in [-0.3, -0.25) is 0 Å². The lowest BCUT2D eigenvalue weighted by atomic mass is 9.76. The molecule has 0 atom stereocenters. The number of aryl methyl sites for hydroxylation is 2. The van der Waals surface area contributed by atoms with Gasteiger partial charge in [-0.25, -0.2) is 0 Å². The monoisotopic (exact) mass is 186 g/mol. The lowest BCUT2D eigenvalue weighted by Crippen LogP contribution is -2.12. The van der Waals surface area contributed by atoms with Gasteiger partial charge in [0.05, 0.1) is 0 Å². The van der Waals surface area contributed by atoms with Crippen LogP contribution in [0.3, 0.4) is 0 Å². The molecule has 0 radical (unpaired) electrons. The maximum Gasteiger partial charge on any atom is -0.0153 e. The van der Waals surface area contributed by atoms with Crippen molar-refractivity contribution in [3.05, 3.63) is 41.0 Å². The number of hydrogen-bond donors (Lipinski definition) is 0. The smallest absolute Gasteiger partial charge is 0.0153 e. The number of benzene rings is 1. The Labute approximate surface area is 86.7 Å². The van der Waals surface area contributed by atoms with Gasteiger partial charge in [-0.1, -0.05) is 36.8 Å². The van der Waals surface area contributed by atoms with Crippen LogP contribution in [0, 0.1) is 13.8 Å². The summed E-state index contributed by atoms with van der Waals surface area (Å²) in [5.41, 5.74) is 5.70. The molecule has 0 aliphatic heterocycles. The molecular formula is C14H18. The van der Waals surface area contributed by atoms with Crippen LogP contribution in [-0.2, 0) is 0 Å². The predicted octanol–water partition coefficient (Wildman–Crippen LogP) is 4.21. The van der Waals surface area contributed by atoms with E-state index >= 15 is 0 Å². The fourth-order valence-corrected chi connectivity index (χ4v) is 2.44. The van der Waals surface area contributed by atoms with Crippen LogP contribution in [0.1, 0.15) is 47.4 Å². The van der Waals surface area contributed by atoms with Crippen LogP contribution < -0.4 is 0 Å². The van der Waals surface area contributed by atoms with Gasteiger partial charge in [-0.15, -0.1) is 0 Å². The van der Waals surface area contributed by atoms with Gasteiger partial charge in [0.2, 0.25) is 0 Å². The molecule has 0 saturated heterocycles. The Bertz CT molecular complexity index is 357. The van der Waals surface area contributed by atoms with Crippen LogP contribution in [0.5, 0.6) is 0 Å². The van der Waals surface area contributed by atoms with Gasteiger partial charge >= 0.3 is 0 Å². The normalized spacial score (nSPS) is 16.4. The molecule has 0 unspecified atom stereocenters. The molecule has 1 aromatic rings. The molecule has 1 fully saturated rings. The fourth-order valence-electron chi connectivity index (χ4n) is 2.44. The van der Waals surface area contributed by atoms with Crippen molar-refractivity contribution in [3.63, 3.8) is 0 Å². The lowest BCUT2D eigenvalue weighted by molar-refractivity contribution is 0.418. The van der Waals surface area contributed by atoms with Crippen LogP contribution in [0.15, 0.2) is 18.7 Å². The summed E-state index contributed by atoms with van der Waals surface area (Å²) in [5, 5.41) is 0. The molecule has 0 heterocycles. The van der Waals surface area contributed by atoms with E-state index in [1.54, 1.807) is 5.56 Å². The summed E-state index contributed by atoms with van der Waals surface area (Å²) in [4.78, 5) is 0. The first-order chi connectivity index (χ1) is 6.72. The Morgan fingerprint density at radius 2 is 2.00 bits per heavy atom. The maximum absolute atomic E-state index is 3.91. The molecule has 0 amide bonds. The molecule has 14 heavy (non-hydrogen) atoms. The van der Waals surface area contributed by atoms with E-state index in [1.165, 1.54) is 36.0 Å². The first-order valence-corrected chi connectivity index (χ1v) is 5.46. The van der Waals surface area contributed by atoms with Gasteiger partial charge in [-0.05, 0) is 49.3 Å². The van der Waals surface area contributed by atoms with E-state index in [9.17, 15) is 0 Å². The van der Waals surface area contributed by atoms with E-state index in [4.69, 9.17) is 0 Å². The van der Waals surface area contributed by atoms with E-state index < -0.39 is 0 Å². The first-order valence-electron chi connectivity index (χ1n) is 5.46. The SMILES string of the molecule is C=Cc1cc(C)cc(C)c1C1CCC1. The minimum Gasteiger partial charge on any atom is -0.0985 e. The summed E-state index contributed by atoms with van der Waals surface area (Å²) in [5.74, 6) is 0.809. The van der Waals surface area contributed by atoms with E-state index in [-0.39, 0.29) is 0 Å². The van der Waals surface area contributed by atoms with Gasteiger partial charge in [0.25, 0.3) is 0 Å². The highest BCUT2D eigenvalue weighted by atomic mass is 14.3. The zero-order chi connectivity index (χ0) is 10.1. The Hall–Kier alpha value is -1.04. The Balaban J connectivity index is 2.49. The molecule has 0 N–H and O–H groups in total. The lowest BCUT2D eigenvalue weighted by Gasteiger charge is -2.29. The van der Waals surface area contributed by atoms with Crippen LogP contribution in [0.4, 0.5) is 0 Å². The quantitative estimate of drug-likeness (QED) is 0.649. The first kappa shape index (κ1) is 9.51. The van der Waals surface area contributed by atoms with Crippen molar-refractivity contribution in [1.29, 1.82) is 0 Å². The van der Waals surface area contributed by atoms with Crippen LogP contribution in [0.25, 0.3) is 6.08 Å². The van der Waals surface area contributed by atoms with Crippen LogP contribution >= 0.6 is 0 Å². The van der Waals surface area contributed by atoms with Crippen molar-refractivity contribution in [2.24, 2.45) is 0 Å². The van der Waals surface area contributed by atoms with Crippen molar-refractivity contribution in [2.75, 3.05) is 0 Å². The zero-order valence-electron chi connectivity index (χ0n) is 9.14. The molecule has 1 aliphatic carbocycles. The molecule has 0 aromatic heterocycles. The van der Waals surface area contributed by atoms with Crippen molar-refractivity contribution >= 4 is 6.08 Å². The van der Waals surface area contributed by atoms with Crippen LogP contribution in [0.2, 0.25) is 0 Å². The largest absolute Gasteiger partial charge is 0.0985 e. The summed E-state index contributed by atoms with van der Waals surface area (Å²) in [6, 6.07) is 4.55. The topological polar surface area (TPSA) is 0 Å². The number of hydrogen-bond acceptors (Lipinski definition) is 0. The average molecular weight is 186 g/mol. The summed E-state index contributed by atoms with van der Waals surface area (Å²) < 4.78 is 0. The molecule has 1 aliphatic rings. The molecule has 0 heteroatoms. The molecule has 0 spiro atoms. The summed E-state index contributed by atoms with van der Waals surface area (Å²) in [6.07, 6.45) is 6.14. The summed E-state index contributed by atoms with van der Waals surface area (Å²) in [6.45, 7) is 8.30. The summed E-state index contributed by atoms with van der Waals surface area (Å²) >= 11 is 0. The Morgan fingerprint density at radius 3 is 2.50 bits per heavy atom. The van der Waals surface area contributed by atoms with Crippen molar-refractivity contribution in [1.82, 2.24) is 0 Å². The fraction of sp³-hybridized carbons (Fsp3) is 0.429. The second-order valence-electron chi connectivity index (χ2n) is 4.42. The molecule has 1 saturated carbocycles. The molecule has 2 rings (SSSR count). The maximum atomic E-state index is 3.91. The van der Waals surface area contributed by atoms with Gasteiger partial charge in [0, 0.05) is 0 Å². The minimum absolute atomic E-state index is 0.809. The van der Waals surface area contributed by atoms with Gasteiger partial charge in [-0.2, -0.15) is 0 Å². The molecule has 0 bridgehead atoms. The van der Waals surface area contributed by atoms with E-state index in [1.807, 2.05) is 6.08 Å². The minimum atomic E-state index is 0.809. The van der Waals surface area contributed by atoms with Crippen molar-refractivity contribution in [3.8, 4) is 0 Å². The van der Waals surface area contributed by atoms with Gasteiger partial charge in [0.15, 0.2) is 0 Å². The summed E-state index contributed by atoms with van der Waals surface area (Å²) in [7, 11) is 0. The third-order valence-corrected chi connectivity index (χ3v) is 3.30. The van der Waals surface area contributed by atoms with Gasteiger partial charge in [0.1, 0.15) is 0 Å². The Kier molecular flexibility index (Phi) is 2.45. The average Bonchev–Trinajstić information content (AvgIpc) is 2.05. The molecule has 0 nitrogen and oxygen atoms in total. The second-order valence-corrected chi connectivity index (χ2v) is 4.42. The van der Waals surface area contributed by atoms with Gasteiger partial charge < -0.3 is 0 Å². The highest BCUT2D eigenvalue weighted by molar-refractivity contribution is 5.57. The zero-order valence-corrected chi connectivity index (χ0v) is 9.14. The Morgan fingerprint density at radius 1 is 1.29 bits per heavy atom.